The lowest BCUT2D eigenvalue weighted by atomic mass is 9.74. The van der Waals surface area contributed by atoms with E-state index < -0.39 is 5.41 Å². The van der Waals surface area contributed by atoms with Gasteiger partial charge in [0.1, 0.15) is 11.9 Å². The lowest BCUT2D eigenvalue weighted by molar-refractivity contribution is 0.0722. The summed E-state index contributed by atoms with van der Waals surface area (Å²) >= 11 is 0. The largest absolute Gasteiger partial charge is 0.497 e. The van der Waals surface area contributed by atoms with Crippen LogP contribution in [0.3, 0.4) is 0 Å². The van der Waals surface area contributed by atoms with Gasteiger partial charge in [-0.25, -0.2) is 0 Å². The first-order valence-electron chi connectivity index (χ1n) is 6.56. The van der Waals surface area contributed by atoms with E-state index in [2.05, 4.69) is 0 Å². The Hall–Kier alpha value is -2.10. The molecule has 1 aliphatic carbocycles. The molecule has 1 aromatic carbocycles. The van der Waals surface area contributed by atoms with Crippen LogP contribution in [0.5, 0.6) is 5.75 Å². The van der Waals surface area contributed by atoms with Gasteiger partial charge >= 0.3 is 0 Å². The lowest BCUT2D eigenvalue weighted by Gasteiger charge is -2.25. The summed E-state index contributed by atoms with van der Waals surface area (Å²) in [5, 5.41) is 0. The minimum Gasteiger partial charge on any atom is -0.497 e. The Balaban J connectivity index is 2.21. The van der Waals surface area contributed by atoms with Gasteiger partial charge in [-0.3, -0.25) is 9.59 Å². The van der Waals surface area contributed by atoms with E-state index in [1.165, 1.54) is 7.11 Å². The number of Topliss-reactive ketones (excluding diaryl/α,β-unsaturated/α-hetero) is 2. The molecule has 0 bridgehead atoms. The summed E-state index contributed by atoms with van der Waals surface area (Å²) in [6.07, 6.45) is -0.198. The van der Waals surface area contributed by atoms with E-state index >= 15 is 0 Å². The predicted octanol–water partition coefficient (Wildman–Crippen LogP) is 2.77. The number of ketones is 2. The molecule has 20 heavy (non-hydrogen) atoms. The average molecular weight is 272 g/mol. The van der Waals surface area contributed by atoms with Crippen LogP contribution >= 0.6 is 0 Å². The minimum absolute atomic E-state index is 0.119. The Morgan fingerprint density at radius 3 is 2.50 bits per heavy atom. The highest BCUT2D eigenvalue weighted by Crippen LogP contribution is 2.47. The summed E-state index contributed by atoms with van der Waals surface area (Å²) in [6, 6.07) is 4.94. The van der Waals surface area contributed by atoms with Crippen molar-refractivity contribution >= 4 is 11.6 Å². The third-order valence-electron chi connectivity index (χ3n) is 4.33. The number of carbonyl (C=O) groups is 2. The molecule has 0 fully saturated rings. The fourth-order valence-electron chi connectivity index (χ4n) is 2.73. The topological polar surface area (TPSA) is 52.6 Å². The Morgan fingerprint density at radius 1 is 1.15 bits per heavy atom. The first-order chi connectivity index (χ1) is 9.37. The number of allylic oxidation sites excluding steroid dienone is 1. The van der Waals surface area contributed by atoms with Crippen LogP contribution in [0.25, 0.3) is 0 Å². The molecule has 0 saturated heterocycles. The summed E-state index contributed by atoms with van der Waals surface area (Å²) in [5.74, 6) is 0.407. The van der Waals surface area contributed by atoms with Crippen LogP contribution in [0, 0.1) is 5.41 Å². The van der Waals surface area contributed by atoms with Gasteiger partial charge in [-0.15, -0.1) is 0 Å². The Labute approximate surface area is 117 Å². The standard InChI is InChI=1S/C16H16O4/c1-8-16(2,3)12-13(17)10-6-5-9(19-4)7-11(10)14(18)15(12)20-8/h5-8H,1-4H3/t8-/m1/s1. The van der Waals surface area contributed by atoms with Crippen molar-refractivity contribution in [3.8, 4) is 5.75 Å². The fourth-order valence-corrected chi connectivity index (χ4v) is 2.73. The smallest absolute Gasteiger partial charge is 0.228 e. The van der Waals surface area contributed by atoms with E-state index in [1.54, 1.807) is 18.2 Å². The minimum atomic E-state index is -0.459. The third kappa shape index (κ3) is 1.48. The van der Waals surface area contributed by atoms with Crippen molar-refractivity contribution in [2.75, 3.05) is 7.11 Å². The fraction of sp³-hybridized carbons (Fsp3) is 0.375. The van der Waals surface area contributed by atoms with Gasteiger partial charge in [-0.1, -0.05) is 13.8 Å². The SMILES string of the molecule is COc1ccc2c(c1)C(=O)C1=C(C2=O)C(C)(C)[C@@H](C)O1. The number of benzene rings is 1. The zero-order chi connectivity index (χ0) is 14.7. The Kier molecular flexibility index (Phi) is 2.55. The first-order valence-corrected chi connectivity index (χ1v) is 6.56. The third-order valence-corrected chi connectivity index (χ3v) is 4.33. The molecule has 0 unspecified atom stereocenters. The zero-order valence-electron chi connectivity index (χ0n) is 11.9. The first kappa shape index (κ1) is 12.9. The van der Waals surface area contributed by atoms with E-state index in [0.717, 1.165) is 0 Å². The van der Waals surface area contributed by atoms with E-state index in [9.17, 15) is 9.59 Å². The summed E-state index contributed by atoms with van der Waals surface area (Å²) < 4.78 is 10.8. The van der Waals surface area contributed by atoms with Gasteiger partial charge in [0.15, 0.2) is 11.5 Å². The van der Waals surface area contributed by atoms with Gasteiger partial charge in [0.05, 0.1) is 12.7 Å². The van der Waals surface area contributed by atoms with Gasteiger partial charge < -0.3 is 9.47 Å². The highest BCUT2D eigenvalue weighted by molar-refractivity contribution is 6.27. The van der Waals surface area contributed by atoms with Crippen molar-refractivity contribution in [3.63, 3.8) is 0 Å². The van der Waals surface area contributed by atoms with Crippen LogP contribution in [-0.2, 0) is 4.74 Å². The maximum absolute atomic E-state index is 12.7. The number of methoxy groups -OCH3 is 1. The van der Waals surface area contributed by atoms with Crippen molar-refractivity contribution in [2.24, 2.45) is 5.41 Å². The van der Waals surface area contributed by atoms with Crippen molar-refractivity contribution in [2.45, 2.75) is 26.9 Å². The summed E-state index contributed by atoms with van der Waals surface area (Å²) in [6.45, 7) is 5.74. The Morgan fingerprint density at radius 2 is 1.85 bits per heavy atom. The van der Waals surface area contributed by atoms with Crippen molar-refractivity contribution in [3.05, 3.63) is 40.7 Å². The number of fused-ring (bicyclic) bond motifs is 1. The number of carbonyl (C=O) groups excluding carboxylic acids is 2. The van der Waals surface area contributed by atoms with Crippen molar-refractivity contribution in [1.29, 1.82) is 0 Å². The van der Waals surface area contributed by atoms with Crippen LogP contribution in [0.2, 0.25) is 0 Å². The van der Waals surface area contributed by atoms with Crippen molar-refractivity contribution < 1.29 is 19.1 Å². The second kappa shape index (κ2) is 3.95. The van der Waals surface area contributed by atoms with Crippen molar-refractivity contribution in [1.82, 2.24) is 0 Å². The molecule has 104 valence electrons. The summed E-state index contributed by atoms with van der Waals surface area (Å²) in [7, 11) is 1.53. The van der Waals surface area contributed by atoms with Crippen LogP contribution in [0.1, 0.15) is 41.5 Å². The van der Waals surface area contributed by atoms with Gasteiger partial charge in [-0.2, -0.15) is 0 Å². The zero-order valence-corrected chi connectivity index (χ0v) is 11.9. The molecule has 1 aliphatic heterocycles. The maximum Gasteiger partial charge on any atom is 0.228 e. The Bertz CT molecular complexity index is 667. The molecule has 3 rings (SSSR count). The monoisotopic (exact) mass is 272 g/mol. The predicted molar refractivity (Wildman–Crippen MR) is 73.0 cm³/mol. The van der Waals surface area contributed by atoms with E-state index in [0.29, 0.717) is 22.4 Å². The molecule has 1 atom stereocenters. The highest BCUT2D eigenvalue weighted by Gasteiger charge is 2.49. The highest BCUT2D eigenvalue weighted by atomic mass is 16.5. The molecule has 0 spiro atoms. The van der Waals surface area contributed by atoms with Gasteiger partial charge in [0, 0.05) is 16.5 Å². The molecule has 2 aliphatic rings. The number of rotatable bonds is 1. The second-order valence-electron chi connectivity index (χ2n) is 5.76. The quantitative estimate of drug-likeness (QED) is 0.788. The van der Waals surface area contributed by atoms with Gasteiger partial charge in [0.25, 0.3) is 0 Å². The van der Waals surface area contributed by atoms with Crippen LogP contribution in [0.4, 0.5) is 0 Å². The molecule has 0 aromatic heterocycles. The van der Waals surface area contributed by atoms with Gasteiger partial charge in [0.2, 0.25) is 5.78 Å². The molecule has 0 N–H and O–H groups in total. The van der Waals surface area contributed by atoms with E-state index in [1.807, 2.05) is 20.8 Å². The van der Waals surface area contributed by atoms with Crippen LogP contribution < -0.4 is 4.74 Å². The average Bonchev–Trinajstić information content (AvgIpc) is 2.66. The molecular weight excluding hydrogens is 256 g/mol. The molecule has 0 saturated carbocycles. The van der Waals surface area contributed by atoms with E-state index in [-0.39, 0.29) is 23.4 Å². The number of hydrogen-bond donors (Lipinski definition) is 0. The van der Waals surface area contributed by atoms with Gasteiger partial charge in [-0.05, 0) is 25.1 Å². The molecule has 1 aromatic rings. The lowest BCUT2D eigenvalue weighted by Crippen LogP contribution is -2.29. The van der Waals surface area contributed by atoms with E-state index in [4.69, 9.17) is 9.47 Å². The molecule has 0 radical (unpaired) electrons. The normalized spacial score (nSPS) is 23.3. The molecule has 4 nitrogen and oxygen atoms in total. The molecule has 4 heteroatoms. The van der Waals surface area contributed by atoms with Crippen LogP contribution in [0.15, 0.2) is 29.5 Å². The molecule has 0 amide bonds. The summed E-state index contributed by atoms with van der Waals surface area (Å²) in [4.78, 5) is 25.2. The number of hydrogen-bond acceptors (Lipinski definition) is 4. The molecular formula is C16H16O4. The number of ether oxygens (including phenoxy) is 2. The maximum atomic E-state index is 12.7. The van der Waals surface area contributed by atoms with Crippen LogP contribution in [-0.4, -0.2) is 24.8 Å². The second-order valence-corrected chi connectivity index (χ2v) is 5.76. The molecule has 1 heterocycles. The summed E-state index contributed by atoms with van der Waals surface area (Å²) in [5.41, 5.74) is 0.825.